The second-order valence-corrected chi connectivity index (χ2v) is 10.2. The quantitative estimate of drug-likeness (QED) is 0.136. The average Bonchev–Trinajstić information content (AvgIpc) is 2.68. The van der Waals surface area contributed by atoms with Crippen molar-refractivity contribution in [2.75, 3.05) is 13.2 Å². The van der Waals surface area contributed by atoms with Crippen molar-refractivity contribution >= 4 is 33.8 Å². The molecule has 1 atom stereocenters. The smallest absolute Gasteiger partial charge is 0.408 e. The maximum Gasteiger partial charge on any atom is 0.408 e. The van der Waals surface area contributed by atoms with E-state index in [4.69, 9.17) is 15.2 Å². The Bertz CT molecular complexity index is 984. The summed E-state index contributed by atoms with van der Waals surface area (Å²) in [5.74, 6) is -1.55. The lowest BCUT2D eigenvalue weighted by Crippen LogP contribution is -2.44. The van der Waals surface area contributed by atoms with E-state index in [1.807, 2.05) is 6.92 Å². The first-order valence-corrected chi connectivity index (χ1v) is 12.3. The molecule has 0 aliphatic carbocycles. The van der Waals surface area contributed by atoms with E-state index in [2.05, 4.69) is 15.0 Å². The molecule has 0 fully saturated rings. The summed E-state index contributed by atoms with van der Waals surface area (Å²) in [7, 11) is -3.88. The van der Waals surface area contributed by atoms with Gasteiger partial charge in [0, 0.05) is 6.54 Å². The lowest BCUT2D eigenvalue weighted by molar-refractivity contribution is -0.146. The van der Waals surface area contributed by atoms with E-state index in [1.54, 1.807) is 39.8 Å². The number of ether oxygens (including phenoxy) is 2. The third kappa shape index (κ3) is 11.1. The lowest BCUT2D eigenvalue weighted by atomic mass is 10.0. The number of esters is 1. The van der Waals surface area contributed by atoms with Gasteiger partial charge in [-0.05, 0) is 59.6 Å². The molecule has 0 spiro atoms. The summed E-state index contributed by atoms with van der Waals surface area (Å²) >= 11 is 0. The van der Waals surface area contributed by atoms with Gasteiger partial charge in [-0.1, -0.05) is 17.7 Å². The Morgan fingerprint density at radius 3 is 2.32 bits per heavy atom. The monoisotopic (exact) mass is 498 g/mol. The number of nitrogens with one attached hydrogen (secondary N) is 2. The van der Waals surface area contributed by atoms with Crippen molar-refractivity contribution in [2.24, 2.45) is 10.7 Å². The summed E-state index contributed by atoms with van der Waals surface area (Å²) in [6.07, 6.45) is -0.916. The molecule has 1 unspecified atom stereocenters. The number of amides is 1. The molecular formula is C22H34N4O7S. The SMILES string of the molecule is CCOC(=O)CC(=O)C(CCCN=C(N)NS(=O)(=O)c1ccc(C)cc1)NC(=O)OC(C)(C)C. The highest BCUT2D eigenvalue weighted by Crippen LogP contribution is 2.11. The minimum Gasteiger partial charge on any atom is -0.466 e. The molecule has 0 saturated carbocycles. The van der Waals surface area contributed by atoms with Gasteiger partial charge in [0.05, 0.1) is 17.5 Å². The Morgan fingerprint density at radius 2 is 1.76 bits per heavy atom. The van der Waals surface area contributed by atoms with Crippen molar-refractivity contribution in [3.63, 3.8) is 0 Å². The van der Waals surface area contributed by atoms with E-state index in [1.165, 1.54) is 12.1 Å². The summed E-state index contributed by atoms with van der Waals surface area (Å²) in [6.45, 7) is 8.69. The van der Waals surface area contributed by atoms with Gasteiger partial charge in [-0.15, -0.1) is 0 Å². The molecular weight excluding hydrogens is 464 g/mol. The molecule has 0 saturated heterocycles. The van der Waals surface area contributed by atoms with Gasteiger partial charge < -0.3 is 20.5 Å². The molecule has 4 N–H and O–H groups in total. The topological polar surface area (TPSA) is 166 Å². The Hall–Kier alpha value is -3.15. The third-order valence-electron chi connectivity index (χ3n) is 4.21. The third-order valence-corrected chi connectivity index (χ3v) is 5.58. The Labute approximate surface area is 200 Å². The summed E-state index contributed by atoms with van der Waals surface area (Å²) in [4.78, 5) is 40.3. The minimum atomic E-state index is -3.88. The standard InChI is InChI=1S/C22H34N4O7S/c1-6-32-19(28)14-18(27)17(25-21(29)33-22(3,4)5)8-7-13-24-20(23)26-34(30,31)16-11-9-15(2)10-12-16/h9-12,17H,6-8,13-14H2,1-5H3,(H,25,29)(H3,23,24,26). The van der Waals surface area contributed by atoms with Gasteiger partial charge in [0.1, 0.15) is 12.0 Å². The van der Waals surface area contributed by atoms with Crippen molar-refractivity contribution in [3.8, 4) is 0 Å². The maximum atomic E-state index is 12.5. The molecule has 12 heteroatoms. The zero-order valence-corrected chi connectivity index (χ0v) is 21.0. The van der Waals surface area contributed by atoms with Crippen molar-refractivity contribution < 1.29 is 32.3 Å². The van der Waals surface area contributed by atoms with Crippen LogP contribution >= 0.6 is 0 Å². The Morgan fingerprint density at radius 1 is 1.15 bits per heavy atom. The summed E-state index contributed by atoms with van der Waals surface area (Å²) in [6, 6.07) is 5.21. The second-order valence-electron chi connectivity index (χ2n) is 8.47. The molecule has 0 heterocycles. The molecule has 34 heavy (non-hydrogen) atoms. The maximum absolute atomic E-state index is 12.5. The molecule has 0 radical (unpaired) electrons. The zero-order chi connectivity index (χ0) is 25.9. The van der Waals surface area contributed by atoms with Gasteiger partial charge in [-0.2, -0.15) is 0 Å². The van der Waals surface area contributed by atoms with Crippen LogP contribution in [0.25, 0.3) is 0 Å². The van der Waals surface area contributed by atoms with Gasteiger partial charge in [0.15, 0.2) is 5.78 Å². The number of alkyl carbamates (subject to hydrolysis) is 1. The predicted molar refractivity (Wildman–Crippen MR) is 127 cm³/mol. The Kier molecular flexibility index (Phi) is 11.0. The van der Waals surface area contributed by atoms with Crippen LogP contribution in [0.3, 0.4) is 0 Å². The molecule has 1 amide bonds. The number of sulfonamides is 1. The van der Waals surface area contributed by atoms with Crippen LogP contribution in [0, 0.1) is 6.92 Å². The van der Waals surface area contributed by atoms with Crippen LogP contribution in [-0.2, 0) is 29.1 Å². The number of aryl methyl sites for hydroxylation is 1. The molecule has 0 aliphatic heterocycles. The predicted octanol–water partition coefficient (Wildman–Crippen LogP) is 1.78. The zero-order valence-electron chi connectivity index (χ0n) is 20.2. The summed E-state index contributed by atoms with van der Waals surface area (Å²) in [5.41, 5.74) is 5.83. The largest absolute Gasteiger partial charge is 0.466 e. The van der Waals surface area contributed by atoms with E-state index in [-0.39, 0.29) is 36.8 Å². The molecule has 0 bridgehead atoms. The van der Waals surface area contributed by atoms with Crippen LogP contribution in [-0.4, -0.2) is 57.0 Å². The molecule has 1 aromatic carbocycles. The fourth-order valence-electron chi connectivity index (χ4n) is 2.68. The summed E-state index contributed by atoms with van der Waals surface area (Å²) < 4.78 is 36.9. The van der Waals surface area contributed by atoms with E-state index < -0.39 is 45.9 Å². The number of guanidine groups is 1. The number of rotatable bonds is 11. The van der Waals surface area contributed by atoms with Gasteiger partial charge in [0.2, 0.25) is 5.96 Å². The van der Waals surface area contributed by atoms with Crippen molar-refractivity contribution in [3.05, 3.63) is 29.8 Å². The van der Waals surface area contributed by atoms with Crippen LogP contribution in [0.1, 0.15) is 52.5 Å². The molecule has 1 rings (SSSR count). The first kappa shape index (κ1) is 28.9. The first-order chi connectivity index (χ1) is 15.7. The number of carbonyl (C=O) groups excluding carboxylic acids is 3. The van der Waals surface area contributed by atoms with Gasteiger partial charge >= 0.3 is 12.1 Å². The highest BCUT2D eigenvalue weighted by atomic mass is 32.2. The number of hydrogen-bond acceptors (Lipinski definition) is 8. The van der Waals surface area contributed by atoms with E-state index >= 15 is 0 Å². The number of hydrogen-bond donors (Lipinski definition) is 3. The fraction of sp³-hybridized carbons (Fsp3) is 0.545. The molecule has 11 nitrogen and oxygen atoms in total. The average molecular weight is 499 g/mol. The van der Waals surface area contributed by atoms with Crippen molar-refractivity contribution in [1.29, 1.82) is 0 Å². The molecule has 0 aliphatic rings. The summed E-state index contributed by atoms with van der Waals surface area (Å²) in [5, 5.41) is 2.46. The van der Waals surface area contributed by atoms with Gasteiger partial charge in [-0.3, -0.25) is 14.6 Å². The van der Waals surface area contributed by atoms with Gasteiger partial charge in [0.25, 0.3) is 10.0 Å². The number of ketones is 1. The highest BCUT2D eigenvalue weighted by molar-refractivity contribution is 7.90. The number of nitrogens with zero attached hydrogens (tertiary/aromatic N) is 1. The van der Waals surface area contributed by atoms with Crippen LogP contribution < -0.4 is 15.8 Å². The van der Waals surface area contributed by atoms with E-state index in [0.717, 1.165) is 5.56 Å². The Balaban J connectivity index is 2.73. The van der Waals surface area contributed by atoms with Crippen molar-refractivity contribution in [2.45, 2.75) is 70.4 Å². The minimum absolute atomic E-state index is 0.0439. The first-order valence-electron chi connectivity index (χ1n) is 10.8. The molecule has 190 valence electrons. The normalized spacial score (nSPS) is 13.0. The number of benzene rings is 1. The van der Waals surface area contributed by atoms with E-state index in [9.17, 15) is 22.8 Å². The van der Waals surface area contributed by atoms with Crippen LogP contribution in [0.4, 0.5) is 4.79 Å². The molecule has 0 aromatic heterocycles. The lowest BCUT2D eigenvalue weighted by Gasteiger charge is -2.23. The second kappa shape index (κ2) is 12.9. The number of carbonyl (C=O) groups is 3. The van der Waals surface area contributed by atoms with Gasteiger partial charge in [-0.25, -0.2) is 17.9 Å². The number of aliphatic imine (C=N–C) groups is 1. The van der Waals surface area contributed by atoms with Crippen LogP contribution in [0.5, 0.6) is 0 Å². The van der Waals surface area contributed by atoms with Crippen molar-refractivity contribution in [1.82, 2.24) is 10.0 Å². The molecule has 1 aromatic rings. The fourth-order valence-corrected chi connectivity index (χ4v) is 3.63. The van der Waals surface area contributed by atoms with Crippen LogP contribution in [0.15, 0.2) is 34.2 Å². The highest BCUT2D eigenvalue weighted by Gasteiger charge is 2.26. The van der Waals surface area contributed by atoms with E-state index in [0.29, 0.717) is 0 Å². The number of Topliss-reactive ketones (excluding diaryl/α,β-unsaturated/α-hetero) is 1. The van der Waals surface area contributed by atoms with Crippen LogP contribution in [0.2, 0.25) is 0 Å². The number of nitrogens with two attached hydrogens (primary N) is 1.